The molecule has 4 heteroatoms. The Morgan fingerprint density at radius 2 is 1.92 bits per heavy atom. The monoisotopic (exact) mass is 341 g/mol. The summed E-state index contributed by atoms with van der Waals surface area (Å²) in [5.74, 6) is 0.870. The number of phenols is 1. The molecule has 0 aliphatic heterocycles. The minimum absolute atomic E-state index is 0.403. The van der Waals surface area contributed by atoms with E-state index in [2.05, 4.69) is 52.1 Å². The van der Waals surface area contributed by atoms with Gasteiger partial charge in [0.25, 0.3) is 0 Å². The molecule has 0 bridgehead atoms. The average Bonchev–Trinajstić information content (AvgIpc) is 2.91. The molecule has 0 radical (unpaired) electrons. The number of nitrogens with one attached hydrogen (secondary N) is 1. The number of nitrogens with zero attached hydrogens (tertiary/aromatic N) is 1. The first-order valence-corrected chi connectivity index (χ1v) is 9.24. The minimum Gasteiger partial charge on any atom is -0.507 e. The molecular weight excluding hydrogens is 316 g/mol. The van der Waals surface area contributed by atoms with Crippen LogP contribution in [0.4, 0.5) is 0 Å². The van der Waals surface area contributed by atoms with Crippen molar-refractivity contribution >= 4 is 21.6 Å². The number of hydrogen-bond acceptors (Lipinski definition) is 3. The first-order valence-electron chi connectivity index (χ1n) is 8.42. The van der Waals surface area contributed by atoms with Crippen molar-refractivity contribution in [1.29, 1.82) is 0 Å². The summed E-state index contributed by atoms with van der Waals surface area (Å²) in [6.45, 7) is 8.11. The van der Waals surface area contributed by atoms with Gasteiger partial charge in [-0.1, -0.05) is 26.0 Å². The molecule has 3 nitrogen and oxygen atoms in total. The summed E-state index contributed by atoms with van der Waals surface area (Å²) >= 11 is 1.76. The van der Waals surface area contributed by atoms with E-state index < -0.39 is 0 Å². The van der Waals surface area contributed by atoms with Crippen molar-refractivity contribution in [2.24, 2.45) is 0 Å². The minimum atomic E-state index is 0.403. The van der Waals surface area contributed by atoms with Crippen LogP contribution in [0.1, 0.15) is 41.5 Å². The molecule has 0 amide bonds. The van der Waals surface area contributed by atoms with E-state index in [0.717, 1.165) is 34.7 Å². The zero-order valence-corrected chi connectivity index (χ0v) is 15.6. The molecule has 1 heterocycles. The number of hydrogen-bond donors (Lipinski definition) is 2. The van der Waals surface area contributed by atoms with Gasteiger partial charge in [-0.2, -0.15) is 0 Å². The normalized spacial score (nSPS) is 12.9. The number of thiazole rings is 1. The topological polar surface area (TPSA) is 37.6 Å². The lowest BCUT2D eigenvalue weighted by molar-refractivity contribution is -0.907. The number of para-hydroxylation sites is 1. The van der Waals surface area contributed by atoms with Crippen molar-refractivity contribution in [2.75, 3.05) is 7.05 Å². The van der Waals surface area contributed by atoms with E-state index in [1.165, 1.54) is 15.2 Å². The summed E-state index contributed by atoms with van der Waals surface area (Å²) in [5.41, 5.74) is 4.57. The van der Waals surface area contributed by atoms with Crippen LogP contribution in [-0.4, -0.2) is 17.1 Å². The highest BCUT2D eigenvalue weighted by atomic mass is 32.1. The molecule has 126 valence electrons. The van der Waals surface area contributed by atoms with Crippen molar-refractivity contribution in [3.8, 4) is 5.75 Å². The van der Waals surface area contributed by atoms with Crippen LogP contribution in [0.25, 0.3) is 10.2 Å². The lowest BCUT2D eigenvalue weighted by atomic mass is 9.95. The SMILES string of the molecule is Cc1cc(O)c(C[NH+](C)Cc2nc3ccccc3s2)cc1C(C)C. The van der Waals surface area contributed by atoms with E-state index in [0.29, 0.717) is 11.7 Å². The summed E-state index contributed by atoms with van der Waals surface area (Å²) < 4.78 is 1.24. The maximum atomic E-state index is 10.3. The standard InChI is InChI=1S/C20H24N2OS/c1-13(2)16-10-15(18(23)9-14(16)3)11-22(4)12-20-21-17-7-5-6-8-19(17)24-20/h5-10,13,23H,11-12H2,1-4H3/p+1. The van der Waals surface area contributed by atoms with Crippen LogP contribution in [0.2, 0.25) is 0 Å². The molecule has 0 aliphatic rings. The Morgan fingerprint density at radius 3 is 2.62 bits per heavy atom. The molecular formula is C20H25N2OS+. The molecule has 24 heavy (non-hydrogen) atoms. The van der Waals surface area contributed by atoms with Crippen molar-refractivity contribution in [1.82, 2.24) is 4.98 Å². The van der Waals surface area contributed by atoms with Gasteiger partial charge in [-0.25, -0.2) is 4.98 Å². The van der Waals surface area contributed by atoms with Crippen molar-refractivity contribution in [3.63, 3.8) is 0 Å². The van der Waals surface area contributed by atoms with Gasteiger partial charge in [0.05, 0.1) is 17.3 Å². The van der Waals surface area contributed by atoms with E-state index in [1.807, 2.05) is 12.1 Å². The maximum absolute atomic E-state index is 10.3. The highest BCUT2D eigenvalue weighted by molar-refractivity contribution is 7.18. The van der Waals surface area contributed by atoms with Crippen LogP contribution < -0.4 is 4.90 Å². The van der Waals surface area contributed by atoms with Gasteiger partial charge in [0.1, 0.15) is 23.8 Å². The van der Waals surface area contributed by atoms with E-state index in [-0.39, 0.29) is 0 Å². The Kier molecular flexibility index (Phi) is 4.88. The van der Waals surface area contributed by atoms with Gasteiger partial charge in [0.2, 0.25) is 0 Å². The second-order valence-electron chi connectivity index (χ2n) is 6.88. The number of fused-ring (bicyclic) bond motifs is 1. The summed E-state index contributed by atoms with van der Waals surface area (Å²) in [7, 11) is 2.15. The molecule has 3 aromatic rings. The van der Waals surface area contributed by atoms with Crippen LogP contribution in [0.3, 0.4) is 0 Å². The fourth-order valence-corrected chi connectivity index (χ4v) is 4.24. The quantitative estimate of drug-likeness (QED) is 0.743. The molecule has 3 rings (SSSR count). The fourth-order valence-electron chi connectivity index (χ4n) is 3.16. The molecule has 0 spiro atoms. The van der Waals surface area contributed by atoms with Gasteiger partial charge in [0, 0.05) is 5.56 Å². The van der Waals surface area contributed by atoms with Crippen molar-refractivity contribution in [2.45, 2.75) is 39.8 Å². The predicted octanol–water partition coefficient (Wildman–Crippen LogP) is 3.65. The highest BCUT2D eigenvalue weighted by Crippen LogP contribution is 2.27. The molecule has 1 aromatic heterocycles. The van der Waals surface area contributed by atoms with E-state index in [9.17, 15) is 5.11 Å². The first-order chi connectivity index (χ1) is 11.4. The second-order valence-corrected chi connectivity index (χ2v) is 7.99. The van der Waals surface area contributed by atoms with E-state index in [4.69, 9.17) is 4.98 Å². The number of aryl methyl sites for hydroxylation is 1. The highest BCUT2D eigenvalue weighted by Gasteiger charge is 2.15. The van der Waals surface area contributed by atoms with Gasteiger partial charge in [-0.3, -0.25) is 0 Å². The van der Waals surface area contributed by atoms with Gasteiger partial charge >= 0.3 is 0 Å². The van der Waals surface area contributed by atoms with Crippen molar-refractivity contribution in [3.05, 3.63) is 58.1 Å². The van der Waals surface area contributed by atoms with Crippen LogP contribution in [0, 0.1) is 6.92 Å². The van der Waals surface area contributed by atoms with E-state index in [1.54, 1.807) is 11.3 Å². The molecule has 1 unspecified atom stereocenters. The lowest BCUT2D eigenvalue weighted by Gasteiger charge is -2.17. The van der Waals surface area contributed by atoms with Gasteiger partial charge in [-0.05, 0) is 48.2 Å². The fraction of sp³-hybridized carbons (Fsp3) is 0.350. The van der Waals surface area contributed by atoms with Crippen LogP contribution >= 0.6 is 11.3 Å². The van der Waals surface area contributed by atoms with Gasteiger partial charge in [-0.15, -0.1) is 11.3 Å². The molecule has 0 aliphatic carbocycles. The summed E-state index contributed by atoms with van der Waals surface area (Å²) in [5, 5.41) is 11.4. The number of rotatable bonds is 5. The lowest BCUT2D eigenvalue weighted by Crippen LogP contribution is -3.06. The Balaban J connectivity index is 1.77. The largest absolute Gasteiger partial charge is 0.507 e. The Labute approximate surface area is 147 Å². The Hall–Kier alpha value is -1.91. The first kappa shape index (κ1) is 16.9. The third-order valence-corrected chi connectivity index (χ3v) is 5.41. The van der Waals surface area contributed by atoms with Crippen molar-refractivity contribution < 1.29 is 10.0 Å². The predicted molar refractivity (Wildman–Crippen MR) is 101 cm³/mol. The average molecular weight is 342 g/mol. The number of benzene rings is 2. The molecule has 2 aromatic carbocycles. The second kappa shape index (κ2) is 6.91. The zero-order valence-electron chi connectivity index (χ0n) is 14.8. The zero-order chi connectivity index (χ0) is 17.3. The molecule has 1 atom stereocenters. The molecule has 0 saturated carbocycles. The number of phenolic OH excluding ortho intramolecular Hbond substituents is 1. The molecule has 0 fully saturated rings. The molecule has 0 saturated heterocycles. The van der Waals surface area contributed by atoms with Crippen LogP contribution in [-0.2, 0) is 13.1 Å². The van der Waals surface area contributed by atoms with Gasteiger partial charge < -0.3 is 10.0 Å². The summed E-state index contributed by atoms with van der Waals surface area (Å²) in [6.07, 6.45) is 0. The summed E-state index contributed by atoms with van der Waals surface area (Å²) in [4.78, 5) is 6.03. The Bertz CT molecular complexity index is 821. The van der Waals surface area contributed by atoms with E-state index >= 15 is 0 Å². The Morgan fingerprint density at radius 1 is 1.17 bits per heavy atom. The summed E-state index contributed by atoms with van der Waals surface area (Å²) in [6, 6.07) is 12.3. The van der Waals surface area contributed by atoms with Crippen LogP contribution in [0.5, 0.6) is 5.75 Å². The van der Waals surface area contributed by atoms with Crippen LogP contribution in [0.15, 0.2) is 36.4 Å². The number of aromatic nitrogens is 1. The third-order valence-electron chi connectivity index (χ3n) is 4.37. The molecule has 2 N–H and O–H groups in total. The number of aromatic hydroxyl groups is 1. The third kappa shape index (κ3) is 3.60. The number of quaternary nitrogens is 1. The smallest absolute Gasteiger partial charge is 0.148 e. The maximum Gasteiger partial charge on any atom is 0.148 e. The van der Waals surface area contributed by atoms with Gasteiger partial charge in [0.15, 0.2) is 0 Å².